The van der Waals surface area contributed by atoms with Gasteiger partial charge in [0, 0.05) is 51.4 Å². The first-order chi connectivity index (χ1) is 11.1. The van der Waals surface area contributed by atoms with Gasteiger partial charge in [-0.3, -0.25) is 14.4 Å². The van der Waals surface area contributed by atoms with Crippen LogP contribution in [0.25, 0.3) is 0 Å². The molecular weight excluding hydrogens is 288 g/mol. The van der Waals surface area contributed by atoms with Crippen molar-refractivity contribution >= 4 is 5.91 Å². The van der Waals surface area contributed by atoms with E-state index in [-0.39, 0.29) is 11.9 Å². The molecule has 1 fully saturated rings. The van der Waals surface area contributed by atoms with Crippen molar-refractivity contribution in [3.8, 4) is 0 Å². The topological polar surface area (TPSA) is 41.4 Å². The lowest BCUT2D eigenvalue weighted by molar-refractivity contribution is -0.132. The average Bonchev–Trinajstić information content (AvgIpc) is 2.88. The Bertz CT molecular complexity index is 680. The van der Waals surface area contributed by atoms with Crippen LogP contribution < -0.4 is 0 Å². The highest BCUT2D eigenvalue weighted by atomic mass is 16.2. The van der Waals surface area contributed by atoms with Gasteiger partial charge in [0.15, 0.2) is 0 Å². The Labute approximate surface area is 137 Å². The summed E-state index contributed by atoms with van der Waals surface area (Å²) in [6, 6.07) is 10.7. The maximum Gasteiger partial charge on any atom is 0.219 e. The van der Waals surface area contributed by atoms with Gasteiger partial charge >= 0.3 is 0 Å². The second-order valence-corrected chi connectivity index (χ2v) is 6.24. The molecule has 1 aromatic carbocycles. The van der Waals surface area contributed by atoms with E-state index in [1.165, 1.54) is 16.8 Å². The van der Waals surface area contributed by atoms with Gasteiger partial charge in [0.1, 0.15) is 0 Å². The molecule has 2 heterocycles. The second-order valence-electron chi connectivity index (χ2n) is 6.24. The minimum Gasteiger partial charge on any atom is -0.340 e. The molecule has 1 aliphatic heterocycles. The van der Waals surface area contributed by atoms with Crippen LogP contribution in [0.4, 0.5) is 0 Å². The minimum atomic E-state index is 0.156. The summed E-state index contributed by atoms with van der Waals surface area (Å²) in [4.78, 5) is 16.2. The summed E-state index contributed by atoms with van der Waals surface area (Å²) >= 11 is 0. The van der Waals surface area contributed by atoms with E-state index in [0.717, 1.165) is 26.2 Å². The molecular formula is C18H24N4O. The van der Waals surface area contributed by atoms with Gasteiger partial charge in [0.05, 0.1) is 12.2 Å². The molecule has 1 atom stereocenters. The fraction of sp³-hybridized carbons (Fsp3) is 0.444. The van der Waals surface area contributed by atoms with E-state index >= 15 is 0 Å². The largest absolute Gasteiger partial charge is 0.340 e. The molecule has 0 N–H and O–H groups in total. The molecule has 3 rings (SSSR count). The number of aromatic nitrogens is 2. The number of piperazine rings is 1. The van der Waals surface area contributed by atoms with E-state index in [1.807, 2.05) is 28.9 Å². The first-order valence-corrected chi connectivity index (χ1v) is 8.08. The van der Waals surface area contributed by atoms with Gasteiger partial charge in [-0.2, -0.15) is 5.10 Å². The van der Waals surface area contributed by atoms with Crippen LogP contribution >= 0.6 is 0 Å². The molecule has 2 aromatic rings. The fourth-order valence-corrected chi connectivity index (χ4v) is 3.21. The van der Waals surface area contributed by atoms with Crippen LogP contribution in [-0.4, -0.2) is 45.1 Å². The molecule has 0 saturated carbocycles. The molecule has 0 spiro atoms. The number of aryl methyl sites for hydroxylation is 1. The Morgan fingerprint density at radius 2 is 2.00 bits per heavy atom. The van der Waals surface area contributed by atoms with E-state index in [2.05, 4.69) is 41.2 Å². The Balaban J connectivity index is 1.85. The predicted octanol–water partition coefficient (Wildman–Crippen LogP) is 2.13. The van der Waals surface area contributed by atoms with Gasteiger partial charge < -0.3 is 4.90 Å². The summed E-state index contributed by atoms with van der Waals surface area (Å²) in [6.45, 7) is 7.05. The molecule has 122 valence electrons. The third-order valence-electron chi connectivity index (χ3n) is 4.83. The third kappa shape index (κ3) is 3.29. The third-order valence-corrected chi connectivity index (χ3v) is 4.83. The number of carbonyl (C=O) groups excluding carboxylic acids is 1. The Hall–Kier alpha value is -2.14. The molecule has 0 bridgehead atoms. The van der Waals surface area contributed by atoms with E-state index in [1.54, 1.807) is 6.92 Å². The molecule has 1 saturated heterocycles. The van der Waals surface area contributed by atoms with Crippen LogP contribution in [-0.2, 0) is 18.4 Å². The number of amides is 1. The number of nitrogens with zero attached hydrogens (tertiary/aromatic N) is 4. The van der Waals surface area contributed by atoms with Crippen molar-refractivity contribution in [3.05, 3.63) is 53.3 Å². The molecule has 5 heteroatoms. The Kier molecular flexibility index (Phi) is 4.48. The lowest BCUT2D eigenvalue weighted by atomic mass is 10.0. The predicted molar refractivity (Wildman–Crippen MR) is 89.8 cm³/mol. The smallest absolute Gasteiger partial charge is 0.219 e. The first-order valence-electron chi connectivity index (χ1n) is 8.08. The number of rotatable bonds is 3. The van der Waals surface area contributed by atoms with Crippen molar-refractivity contribution in [1.82, 2.24) is 19.6 Å². The highest BCUT2D eigenvalue weighted by Crippen LogP contribution is 2.27. The quantitative estimate of drug-likeness (QED) is 0.872. The van der Waals surface area contributed by atoms with Crippen molar-refractivity contribution in [2.45, 2.75) is 26.4 Å². The second kappa shape index (κ2) is 6.54. The summed E-state index contributed by atoms with van der Waals surface area (Å²) < 4.78 is 1.92. The SMILES string of the molecule is CC(=O)N1CCN(Cc2cnn(C)c2C)[C@@H](c2ccccc2)C1. The zero-order valence-corrected chi connectivity index (χ0v) is 14.1. The number of hydrogen-bond acceptors (Lipinski definition) is 3. The van der Waals surface area contributed by atoms with Crippen LogP contribution in [0.15, 0.2) is 36.5 Å². The summed E-state index contributed by atoms with van der Waals surface area (Å²) in [5.74, 6) is 0.156. The van der Waals surface area contributed by atoms with Crippen molar-refractivity contribution < 1.29 is 4.79 Å². The van der Waals surface area contributed by atoms with E-state index in [4.69, 9.17) is 0 Å². The van der Waals surface area contributed by atoms with Crippen molar-refractivity contribution in [1.29, 1.82) is 0 Å². The molecule has 23 heavy (non-hydrogen) atoms. The van der Waals surface area contributed by atoms with Crippen LogP contribution in [0.3, 0.4) is 0 Å². The molecule has 1 aliphatic rings. The lowest BCUT2D eigenvalue weighted by Gasteiger charge is -2.41. The fourth-order valence-electron chi connectivity index (χ4n) is 3.21. The maximum absolute atomic E-state index is 11.8. The Morgan fingerprint density at radius 1 is 1.26 bits per heavy atom. The lowest BCUT2D eigenvalue weighted by Crippen LogP contribution is -2.49. The van der Waals surface area contributed by atoms with Crippen LogP contribution in [0, 0.1) is 6.92 Å². The van der Waals surface area contributed by atoms with E-state index in [9.17, 15) is 4.79 Å². The van der Waals surface area contributed by atoms with Gasteiger partial charge in [-0.15, -0.1) is 0 Å². The van der Waals surface area contributed by atoms with Crippen molar-refractivity contribution in [3.63, 3.8) is 0 Å². The van der Waals surface area contributed by atoms with Gasteiger partial charge in [-0.1, -0.05) is 30.3 Å². The molecule has 0 aliphatic carbocycles. The van der Waals surface area contributed by atoms with Crippen LogP contribution in [0.5, 0.6) is 0 Å². The van der Waals surface area contributed by atoms with E-state index in [0.29, 0.717) is 0 Å². The summed E-state index contributed by atoms with van der Waals surface area (Å²) in [6.07, 6.45) is 1.95. The highest BCUT2D eigenvalue weighted by Gasteiger charge is 2.29. The van der Waals surface area contributed by atoms with Crippen molar-refractivity contribution in [2.24, 2.45) is 7.05 Å². The van der Waals surface area contributed by atoms with Crippen molar-refractivity contribution in [2.75, 3.05) is 19.6 Å². The highest BCUT2D eigenvalue weighted by molar-refractivity contribution is 5.73. The van der Waals surface area contributed by atoms with Gasteiger partial charge in [0.2, 0.25) is 5.91 Å². The molecule has 1 amide bonds. The summed E-state index contributed by atoms with van der Waals surface area (Å²) in [7, 11) is 1.97. The van der Waals surface area contributed by atoms with Crippen LogP contribution in [0.2, 0.25) is 0 Å². The first kappa shape index (κ1) is 15.7. The van der Waals surface area contributed by atoms with Gasteiger partial charge in [-0.25, -0.2) is 0 Å². The molecule has 5 nitrogen and oxygen atoms in total. The van der Waals surface area contributed by atoms with Crippen LogP contribution in [0.1, 0.15) is 29.8 Å². The normalized spacial score (nSPS) is 19.1. The molecule has 1 aromatic heterocycles. The zero-order chi connectivity index (χ0) is 16.4. The average molecular weight is 312 g/mol. The van der Waals surface area contributed by atoms with Gasteiger partial charge in [0.25, 0.3) is 0 Å². The zero-order valence-electron chi connectivity index (χ0n) is 14.1. The number of carbonyl (C=O) groups is 1. The summed E-state index contributed by atoms with van der Waals surface area (Å²) in [5, 5.41) is 4.35. The molecule has 0 unspecified atom stereocenters. The standard InChI is InChI=1S/C18H24N4O/c1-14-17(11-19-20(14)3)12-22-10-9-21(15(2)23)13-18(22)16-7-5-4-6-8-16/h4-8,11,18H,9-10,12-13H2,1-3H3/t18-/m1/s1. The maximum atomic E-state index is 11.8. The molecule has 0 radical (unpaired) electrons. The number of hydrogen-bond donors (Lipinski definition) is 0. The summed E-state index contributed by atoms with van der Waals surface area (Å²) in [5.41, 5.74) is 3.72. The van der Waals surface area contributed by atoms with E-state index < -0.39 is 0 Å². The van der Waals surface area contributed by atoms with Gasteiger partial charge in [-0.05, 0) is 12.5 Å². The monoisotopic (exact) mass is 312 g/mol. The number of benzene rings is 1. The Morgan fingerprint density at radius 3 is 2.61 bits per heavy atom. The minimum absolute atomic E-state index is 0.156.